The van der Waals surface area contributed by atoms with Crippen molar-refractivity contribution in [1.82, 2.24) is 15.0 Å². The molecule has 35 heavy (non-hydrogen) atoms. The molecule has 0 saturated carbocycles. The first kappa shape index (κ1) is 22.7. The van der Waals surface area contributed by atoms with Gasteiger partial charge in [0.2, 0.25) is 0 Å². The maximum Gasteiger partial charge on any atom is 0.338 e. The highest BCUT2D eigenvalue weighted by Crippen LogP contribution is 2.35. The molecular formula is C27H25N3O5. The first-order valence-electron chi connectivity index (χ1n) is 11.4. The molecule has 2 aromatic heterocycles. The van der Waals surface area contributed by atoms with Crippen molar-refractivity contribution < 1.29 is 23.8 Å². The third-order valence-corrected chi connectivity index (χ3v) is 5.99. The van der Waals surface area contributed by atoms with Crippen molar-refractivity contribution in [2.45, 2.75) is 38.6 Å². The fourth-order valence-electron chi connectivity index (χ4n) is 4.01. The largest absolute Gasteiger partial charge is 0.459 e. The Bertz CT molecular complexity index is 1310. The Kier molecular flexibility index (Phi) is 6.29. The van der Waals surface area contributed by atoms with Gasteiger partial charge in [-0.15, -0.1) is 0 Å². The maximum atomic E-state index is 12.8. The Hall–Kier alpha value is -4.04. The van der Waals surface area contributed by atoms with E-state index in [1.807, 2.05) is 50.2 Å². The minimum atomic E-state index is -0.648. The predicted molar refractivity (Wildman–Crippen MR) is 128 cm³/mol. The van der Waals surface area contributed by atoms with Crippen LogP contribution in [-0.4, -0.2) is 45.7 Å². The quantitative estimate of drug-likeness (QED) is 0.413. The Morgan fingerprint density at radius 2 is 1.63 bits per heavy atom. The topological polar surface area (TPSA) is 103 Å². The summed E-state index contributed by atoms with van der Waals surface area (Å²) in [5, 5.41) is 0. The molecule has 3 atom stereocenters. The summed E-state index contributed by atoms with van der Waals surface area (Å²) in [6.45, 7) is 3.83. The van der Waals surface area contributed by atoms with Crippen LogP contribution in [0.2, 0.25) is 0 Å². The van der Waals surface area contributed by atoms with E-state index in [1.165, 1.54) is 0 Å². The van der Waals surface area contributed by atoms with Crippen LogP contribution in [0.1, 0.15) is 50.2 Å². The Morgan fingerprint density at radius 1 is 0.971 bits per heavy atom. The van der Waals surface area contributed by atoms with E-state index in [4.69, 9.17) is 14.2 Å². The summed E-state index contributed by atoms with van der Waals surface area (Å²) in [7, 11) is 0. The number of carbonyl (C=O) groups excluding carboxylic acids is 2. The highest BCUT2D eigenvalue weighted by Gasteiger charge is 2.41. The van der Waals surface area contributed by atoms with Gasteiger partial charge in [-0.1, -0.05) is 35.4 Å². The van der Waals surface area contributed by atoms with Gasteiger partial charge in [0.15, 0.2) is 5.65 Å². The number of esters is 2. The van der Waals surface area contributed by atoms with Gasteiger partial charge in [-0.05, 0) is 50.2 Å². The molecule has 8 heteroatoms. The standard InChI is InChI=1S/C27H25N3O5/c1-16-5-9-18(10-6-16)26(31)33-15-23-21(35-27(32)19-11-7-17(2)8-12-19)14-22(34-23)25-29-20-4-3-13-28-24(20)30-25/h3-13,21-23H,14-15H2,1-2H3,(H,28,29,30)/t21-,22+,23+/m0/s1. The molecule has 0 radical (unpaired) electrons. The highest BCUT2D eigenvalue weighted by molar-refractivity contribution is 5.90. The molecule has 2 aromatic carbocycles. The third kappa shape index (κ3) is 5.07. The molecule has 1 fully saturated rings. The lowest BCUT2D eigenvalue weighted by molar-refractivity contribution is -0.0438. The molecule has 4 aromatic rings. The van der Waals surface area contributed by atoms with Gasteiger partial charge < -0.3 is 19.2 Å². The lowest BCUT2D eigenvalue weighted by Gasteiger charge is -2.19. The maximum absolute atomic E-state index is 12.8. The molecule has 1 N–H and O–H groups in total. The SMILES string of the molecule is Cc1ccc(C(=O)OC[C@H]2O[C@@H](c3nc4ncccc4[nH]3)C[C@@H]2OC(=O)c2ccc(C)cc2)cc1. The molecule has 8 nitrogen and oxygen atoms in total. The van der Waals surface area contributed by atoms with Crippen LogP contribution in [-0.2, 0) is 14.2 Å². The zero-order valence-corrected chi connectivity index (χ0v) is 19.4. The molecule has 0 spiro atoms. The van der Waals surface area contributed by atoms with Crippen LogP contribution in [0.4, 0.5) is 0 Å². The number of aromatic nitrogens is 3. The number of ether oxygens (including phenoxy) is 3. The number of benzene rings is 2. The lowest BCUT2D eigenvalue weighted by atomic mass is 10.1. The van der Waals surface area contributed by atoms with E-state index >= 15 is 0 Å². The molecule has 0 bridgehead atoms. The van der Waals surface area contributed by atoms with Gasteiger partial charge in [0.05, 0.1) is 16.6 Å². The van der Waals surface area contributed by atoms with Crippen LogP contribution in [0.5, 0.6) is 0 Å². The van der Waals surface area contributed by atoms with Gasteiger partial charge in [-0.25, -0.2) is 19.6 Å². The Morgan fingerprint density at radius 3 is 2.29 bits per heavy atom. The van der Waals surface area contributed by atoms with Crippen LogP contribution in [0, 0.1) is 13.8 Å². The van der Waals surface area contributed by atoms with Crippen molar-refractivity contribution in [2.75, 3.05) is 6.61 Å². The van der Waals surface area contributed by atoms with Gasteiger partial charge >= 0.3 is 11.9 Å². The number of aromatic amines is 1. The summed E-state index contributed by atoms with van der Waals surface area (Å²) in [4.78, 5) is 37.4. The highest BCUT2D eigenvalue weighted by atomic mass is 16.6. The first-order chi connectivity index (χ1) is 17.0. The van der Waals surface area contributed by atoms with E-state index in [1.54, 1.807) is 30.5 Å². The van der Waals surface area contributed by atoms with Crippen LogP contribution in [0.3, 0.4) is 0 Å². The van der Waals surface area contributed by atoms with Crippen LogP contribution in [0.25, 0.3) is 11.2 Å². The van der Waals surface area contributed by atoms with Gasteiger partial charge in [0, 0.05) is 12.6 Å². The van der Waals surface area contributed by atoms with E-state index in [2.05, 4.69) is 15.0 Å². The Labute approximate surface area is 202 Å². The number of pyridine rings is 1. The average Bonchev–Trinajstić information content (AvgIpc) is 3.47. The van der Waals surface area contributed by atoms with Crippen molar-refractivity contribution in [3.05, 3.63) is 94.9 Å². The van der Waals surface area contributed by atoms with E-state index in [9.17, 15) is 9.59 Å². The lowest BCUT2D eigenvalue weighted by Crippen LogP contribution is -2.32. The molecular weight excluding hydrogens is 446 g/mol. The molecule has 1 aliphatic heterocycles. The number of H-pyrrole nitrogens is 1. The summed E-state index contributed by atoms with van der Waals surface area (Å²) >= 11 is 0. The first-order valence-corrected chi connectivity index (χ1v) is 11.4. The number of hydrogen-bond acceptors (Lipinski definition) is 7. The minimum Gasteiger partial charge on any atom is -0.459 e. The van der Waals surface area contributed by atoms with Crippen LogP contribution in [0.15, 0.2) is 66.9 Å². The second kappa shape index (κ2) is 9.68. The predicted octanol–water partition coefficient (Wildman–Crippen LogP) is 4.49. The number of fused-ring (bicyclic) bond motifs is 1. The molecule has 0 unspecified atom stereocenters. The van der Waals surface area contributed by atoms with Crippen molar-refractivity contribution >= 4 is 23.1 Å². The third-order valence-electron chi connectivity index (χ3n) is 5.99. The average molecular weight is 472 g/mol. The molecule has 1 aliphatic rings. The second-order valence-corrected chi connectivity index (χ2v) is 8.67. The summed E-state index contributed by atoms with van der Waals surface area (Å²) in [6.07, 6.45) is 0.292. The van der Waals surface area contributed by atoms with Crippen LogP contribution < -0.4 is 0 Å². The van der Waals surface area contributed by atoms with E-state index in [0.29, 0.717) is 29.0 Å². The van der Waals surface area contributed by atoms with Crippen molar-refractivity contribution in [1.29, 1.82) is 0 Å². The van der Waals surface area contributed by atoms with Gasteiger partial charge in [0.25, 0.3) is 0 Å². The summed E-state index contributed by atoms with van der Waals surface area (Å²) in [5.41, 5.74) is 4.35. The number of nitrogens with one attached hydrogen (secondary N) is 1. The summed E-state index contributed by atoms with van der Waals surface area (Å²) < 4.78 is 17.5. The fraction of sp³-hybridized carbons (Fsp3) is 0.259. The van der Waals surface area contributed by atoms with Crippen molar-refractivity contribution in [2.24, 2.45) is 0 Å². The number of imidazole rings is 1. The zero-order valence-electron chi connectivity index (χ0n) is 19.4. The zero-order chi connectivity index (χ0) is 24.4. The number of hydrogen-bond donors (Lipinski definition) is 1. The normalized spacial score (nSPS) is 19.5. The molecule has 0 aliphatic carbocycles. The van der Waals surface area contributed by atoms with Gasteiger partial charge in [-0.2, -0.15) is 0 Å². The van der Waals surface area contributed by atoms with Crippen molar-refractivity contribution in [3.63, 3.8) is 0 Å². The van der Waals surface area contributed by atoms with E-state index < -0.39 is 30.3 Å². The molecule has 1 saturated heterocycles. The number of nitrogens with zero attached hydrogens (tertiary/aromatic N) is 2. The second-order valence-electron chi connectivity index (χ2n) is 8.67. The van der Waals surface area contributed by atoms with Gasteiger partial charge in [0.1, 0.15) is 30.7 Å². The summed E-state index contributed by atoms with van der Waals surface area (Å²) in [6, 6.07) is 18.0. The van der Waals surface area contributed by atoms with Crippen molar-refractivity contribution in [3.8, 4) is 0 Å². The summed E-state index contributed by atoms with van der Waals surface area (Å²) in [5.74, 6) is -0.337. The molecule has 0 amide bonds. The van der Waals surface area contributed by atoms with Crippen LogP contribution >= 0.6 is 0 Å². The Balaban J connectivity index is 1.33. The minimum absolute atomic E-state index is 0.0620. The molecule has 5 rings (SSSR count). The number of carbonyl (C=O) groups is 2. The monoisotopic (exact) mass is 471 g/mol. The van der Waals surface area contributed by atoms with E-state index in [-0.39, 0.29) is 6.61 Å². The van der Waals surface area contributed by atoms with Gasteiger partial charge in [-0.3, -0.25) is 0 Å². The molecule has 178 valence electrons. The number of rotatable bonds is 6. The number of aryl methyl sites for hydroxylation is 2. The smallest absolute Gasteiger partial charge is 0.338 e. The van der Waals surface area contributed by atoms with E-state index in [0.717, 1.165) is 16.6 Å². The fourth-order valence-corrected chi connectivity index (χ4v) is 4.01. The molecule has 3 heterocycles.